The molecule has 2 amide bonds. The molecule has 2 aromatic carbocycles. The maximum atomic E-state index is 13.9. The number of benzene rings is 2. The van der Waals surface area contributed by atoms with Crippen molar-refractivity contribution in [2.24, 2.45) is 0 Å². The maximum absolute atomic E-state index is 13.9. The molecule has 1 atom stereocenters. The van der Waals surface area contributed by atoms with Crippen LogP contribution in [0.2, 0.25) is 0 Å². The van der Waals surface area contributed by atoms with Crippen LogP contribution in [0.3, 0.4) is 0 Å². The molecule has 0 aromatic heterocycles. The van der Waals surface area contributed by atoms with Crippen LogP contribution < -0.4 is 4.74 Å². The third-order valence-corrected chi connectivity index (χ3v) is 5.35. The largest absolute Gasteiger partial charge is 0.481 e. The number of hydrogen-bond acceptors (Lipinski definition) is 3. The second kappa shape index (κ2) is 9.41. The fourth-order valence-electron chi connectivity index (χ4n) is 3.43. The number of piperazine rings is 1. The van der Waals surface area contributed by atoms with E-state index in [1.807, 2.05) is 24.3 Å². The van der Waals surface area contributed by atoms with Crippen molar-refractivity contribution >= 4 is 11.8 Å². The van der Waals surface area contributed by atoms with Gasteiger partial charge in [0.05, 0.1) is 5.56 Å². The van der Waals surface area contributed by atoms with Gasteiger partial charge in [0, 0.05) is 26.2 Å². The van der Waals surface area contributed by atoms with E-state index in [-0.39, 0.29) is 32.1 Å². The molecule has 3 rings (SSSR count). The van der Waals surface area contributed by atoms with Gasteiger partial charge in [0.1, 0.15) is 5.75 Å². The Bertz CT molecular complexity index is 955. The smallest absolute Gasteiger partial charge is 0.263 e. The molecule has 31 heavy (non-hydrogen) atoms. The second-order valence-corrected chi connectivity index (χ2v) is 7.82. The molecular weight excluding hydrogens is 409 g/mol. The van der Waals surface area contributed by atoms with Gasteiger partial charge in [-0.05, 0) is 42.7 Å². The summed E-state index contributed by atoms with van der Waals surface area (Å²) in [5, 5.41) is 0. The van der Waals surface area contributed by atoms with Crippen LogP contribution in [-0.4, -0.2) is 53.9 Å². The minimum Gasteiger partial charge on any atom is -0.481 e. The predicted octanol–water partition coefficient (Wildman–Crippen LogP) is 3.98. The number of nitrogens with zero attached hydrogens (tertiary/aromatic N) is 2. The number of hydrogen-bond donors (Lipinski definition) is 0. The van der Waals surface area contributed by atoms with Gasteiger partial charge in [0.2, 0.25) is 0 Å². The van der Waals surface area contributed by atoms with Crippen LogP contribution in [-0.2, 0) is 4.79 Å². The number of rotatable bonds is 5. The van der Waals surface area contributed by atoms with E-state index in [0.29, 0.717) is 11.7 Å². The lowest BCUT2D eigenvalue weighted by Gasteiger charge is -2.36. The summed E-state index contributed by atoms with van der Waals surface area (Å²) >= 11 is 0. The van der Waals surface area contributed by atoms with Gasteiger partial charge in [-0.15, -0.1) is 0 Å². The minimum atomic E-state index is -1.67. The molecule has 1 unspecified atom stereocenters. The normalized spacial score (nSPS) is 15.2. The van der Waals surface area contributed by atoms with Gasteiger partial charge in [0.25, 0.3) is 11.8 Å². The van der Waals surface area contributed by atoms with Gasteiger partial charge in [-0.3, -0.25) is 9.59 Å². The zero-order chi connectivity index (χ0) is 22.7. The lowest BCUT2D eigenvalue weighted by atomic mass is 10.0. The first-order valence-electron chi connectivity index (χ1n) is 10.2. The maximum Gasteiger partial charge on any atom is 0.263 e. The molecule has 0 N–H and O–H groups in total. The average molecular weight is 434 g/mol. The molecule has 1 heterocycles. The van der Waals surface area contributed by atoms with Crippen molar-refractivity contribution in [1.82, 2.24) is 9.80 Å². The van der Waals surface area contributed by atoms with Crippen molar-refractivity contribution in [2.75, 3.05) is 26.2 Å². The van der Waals surface area contributed by atoms with E-state index < -0.39 is 35.0 Å². The fourth-order valence-corrected chi connectivity index (χ4v) is 3.43. The van der Waals surface area contributed by atoms with Crippen molar-refractivity contribution < 1.29 is 27.5 Å². The highest BCUT2D eigenvalue weighted by Crippen LogP contribution is 2.21. The lowest BCUT2D eigenvalue weighted by Crippen LogP contribution is -2.53. The predicted molar refractivity (Wildman–Crippen MR) is 109 cm³/mol. The van der Waals surface area contributed by atoms with E-state index in [1.165, 1.54) is 10.5 Å². The van der Waals surface area contributed by atoms with Crippen LogP contribution in [0.15, 0.2) is 36.4 Å². The SMILES string of the molecule is CC(Oc1ccc(C(C)C)cc1)C(=O)N1CCN(C(=O)c2ccc(F)c(F)c2F)CC1. The van der Waals surface area contributed by atoms with Crippen molar-refractivity contribution in [3.63, 3.8) is 0 Å². The third-order valence-electron chi connectivity index (χ3n) is 5.35. The summed E-state index contributed by atoms with van der Waals surface area (Å²) in [6.07, 6.45) is -0.712. The fraction of sp³-hybridized carbons (Fsp3) is 0.391. The number of halogens is 3. The highest BCUT2D eigenvalue weighted by Gasteiger charge is 2.30. The summed E-state index contributed by atoms with van der Waals surface area (Å²) in [6.45, 7) is 6.61. The van der Waals surface area contributed by atoms with E-state index in [1.54, 1.807) is 11.8 Å². The standard InChI is InChI=1S/C23H25F3N2O3/c1-14(2)16-4-6-17(7-5-16)31-15(3)22(29)27-10-12-28(13-11-27)23(30)18-8-9-19(24)21(26)20(18)25/h4-9,14-15H,10-13H2,1-3H3. The van der Waals surface area contributed by atoms with Crippen molar-refractivity contribution in [3.8, 4) is 5.75 Å². The van der Waals surface area contributed by atoms with Gasteiger partial charge < -0.3 is 14.5 Å². The first-order valence-corrected chi connectivity index (χ1v) is 10.2. The molecule has 5 nitrogen and oxygen atoms in total. The Morgan fingerprint density at radius 1 is 0.839 bits per heavy atom. The van der Waals surface area contributed by atoms with Crippen molar-refractivity contribution in [1.29, 1.82) is 0 Å². The van der Waals surface area contributed by atoms with E-state index in [9.17, 15) is 22.8 Å². The van der Waals surface area contributed by atoms with E-state index in [2.05, 4.69) is 13.8 Å². The van der Waals surface area contributed by atoms with Gasteiger partial charge in [-0.1, -0.05) is 26.0 Å². The number of amides is 2. The molecule has 0 bridgehead atoms. The Labute approximate surface area is 179 Å². The quantitative estimate of drug-likeness (QED) is 0.669. The Kier molecular flexibility index (Phi) is 6.87. The summed E-state index contributed by atoms with van der Waals surface area (Å²) in [7, 11) is 0. The Hall–Kier alpha value is -3.03. The Morgan fingerprint density at radius 3 is 2.00 bits per heavy atom. The molecule has 1 aliphatic rings. The van der Waals surface area contributed by atoms with E-state index in [0.717, 1.165) is 12.1 Å². The Morgan fingerprint density at radius 2 is 1.42 bits per heavy atom. The summed E-state index contributed by atoms with van der Waals surface area (Å²) in [5.41, 5.74) is 0.643. The van der Waals surface area contributed by atoms with Crippen LogP contribution >= 0.6 is 0 Å². The summed E-state index contributed by atoms with van der Waals surface area (Å²) in [6, 6.07) is 9.21. The second-order valence-electron chi connectivity index (χ2n) is 7.82. The lowest BCUT2D eigenvalue weighted by molar-refractivity contribution is -0.139. The number of carbonyl (C=O) groups is 2. The molecule has 8 heteroatoms. The average Bonchev–Trinajstić information content (AvgIpc) is 2.77. The molecule has 0 aliphatic carbocycles. The van der Waals surface area contributed by atoms with Crippen LogP contribution in [0.5, 0.6) is 5.75 Å². The molecule has 0 saturated carbocycles. The van der Waals surface area contributed by atoms with Crippen LogP contribution in [0.1, 0.15) is 42.6 Å². The topological polar surface area (TPSA) is 49.9 Å². The first-order chi connectivity index (χ1) is 14.7. The van der Waals surface area contributed by atoms with Gasteiger partial charge in [0.15, 0.2) is 23.6 Å². The molecule has 1 saturated heterocycles. The monoisotopic (exact) mass is 434 g/mol. The van der Waals surface area contributed by atoms with Crippen molar-refractivity contribution in [3.05, 3.63) is 65.0 Å². The van der Waals surface area contributed by atoms with Crippen LogP contribution in [0.25, 0.3) is 0 Å². The van der Waals surface area contributed by atoms with E-state index >= 15 is 0 Å². The molecule has 1 aliphatic heterocycles. The number of ether oxygens (including phenoxy) is 1. The van der Waals surface area contributed by atoms with Gasteiger partial charge in [-0.25, -0.2) is 13.2 Å². The summed E-state index contributed by atoms with van der Waals surface area (Å²) < 4.78 is 46.2. The molecule has 166 valence electrons. The highest BCUT2D eigenvalue weighted by atomic mass is 19.2. The summed E-state index contributed by atoms with van der Waals surface area (Å²) in [4.78, 5) is 28.1. The van der Waals surface area contributed by atoms with E-state index in [4.69, 9.17) is 4.74 Å². The van der Waals surface area contributed by atoms with Gasteiger partial charge >= 0.3 is 0 Å². The minimum absolute atomic E-state index is 0.152. The van der Waals surface area contributed by atoms with Crippen LogP contribution in [0.4, 0.5) is 13.2 Å². The molecule has 2 aromatic rings. The first kappa shape index (κ1) is 22.7. The molecule has 1 fully saturated rings. The highest BCUT2D eigenvalue weighted by molar-refractivity contribution is 5.94. The summed E-state index contributed by atoms with van der Waals surface area (Å²) in [5.74, 6) is -4.50. The molecule has 0 radical (unpaired) electrons. The Balaban J connectivity index is 1.56. The van der Waals surface area contributed by atoms with Gasteiger partial charge in [-0.2, -0.15) is 0 Å². The van der Waals surface area contributed by atoms with Crippen LogP contribution in [0, 0.1) is 17.5 Å². The molecule has 0 spiro atoms. The zero-order valence-electron chi connectivity index (χ0n) is 17.7. The zero-order valence-corrected chi connectivity index (χ0v) is 17.7. The van der Waals surface area contributed by atoms with Crippen molar-refractivity contribution in [2.45, 2.75) is 32.8 Å². The number of carbonyl (C=O) groups excluding carboxylic acids is 2. The molecular formula is C23H25F3N2O3. The third kappa shape index (κ3) is 5.00.